The molecule has 1 saturated carbocycles. The number of sulfonamides is 1. The number of nitrogens with one attached hydrogen (secondary N) is 2. The zero-order valence-corrected chi connectivity index (χ0v) is 15.0. The number of aliphatic carboxylic acids is 1. The molecule has 5 N–H and O–H groups in total. The number of guanidine groups is 1. The van der Waals surface area contributed by atoms with Crippen molar-refractivity contribution in [3.8, 4) is 0 Å². The van der Waals surface area contributed by atoms with Crippen LogP contribution in [-0.2, 0) is 14.8 Å². The summed E-state index contributed by atoms with van der Waals surface area (Å²) in [5.74, 6) is -1.20. The van der Waals surface area contributed by atoms with E-state index in [1.54, 1.807) is 6.07 Å². The number of halogens is 1. The molecule has 0 spiro atoms. The molecule has 11 heteroatoms. The number of hydrogen-bond donors (Lipinski definition) is 4. The van der Waals surface area contributed by atoms with Gasteiger partial charge in [-0.1, -0.05) is 6.07 Å². The van der Waals surface area contributed by atoms with E-state index >= 15 is 0 Å². The third-order valence-corrected chi connectivity index (χ3v) is 6.06. The molecule has 0 radical (unpaired) electrons. The topological polar surface area (TPSA) is 147 Å². The second-order valence-electron chi connectivity index (χ2n) is 6.01. The predicted molar refractivity (Wildman–Crippen MR) is 97.4 cm³/mol. The molecule has 1 aliphatic carbocycles. The van der Waals surface area contributed by atoms with Gasteiger partial charge in [0.1, 0.15) is 5.54 Å². The first-order valence-electron chi connectivity index (χ1n) is 7.64. The number of pyridine rings is 1. The van der Waals surface area contributed by atoms with Crippen LogP contribution in [0, 0.1) is 0 Å². The number of nitrogens with zero attached hydrogens (tertiary/aromatic N) is 2. The molecule has 9 nitrogen and oxygen atoms in total. The Bertz CT molecular complexity index is 1000. The van der Waals surface area contributed by atoms with Crippen LogP contribution in [0.3, 0.4) is 0 Å². The first kappa shape index (κ1) is 18.4. The third kappa shape index (κ3) is 3.30. The largest absolute Gasteiger partial charge is 0.480 e. The summed E-state index contributed by atoms with van der Waals surface area (Å²) in [6.07, 6.45) is 4.18. The van der Waals surface area contributed by atoms with Crippen molar-refractivity contribution in [1.29, 1.82) is 0 Å². The number of hydrogen-bond acceptors (Lipinski definition) is 5. The average molecular weight is 398 g/mol. The number of anilines is 1. The molecular formula is C15H16ClN5O4S. The van der Waals surface area contributed by atoms with Crippen LogP contribution in [0.25, 0.3) is 10.8 Å². The molecule has 0 bridgehead atoms. The summed E-state index contributed by atoms with van der Waals surface area (Å²) in [6, 6.07) is 4.37. The second-order valence-corrected chi connectivity index (χ2v) is 7.86. The van der Waals surface area contributed by atoms with Gasteiger partial charge in [0.2, 0.25) is 16.0 Å². The second kappa shape index (κ2) is 6.71. The Morgan fingerprint density at radius 1 is 1.35 bits per heavy atom. The number of carbonyl (C=O) groups is 1. The molecule has 138 valence electrons. The van der Waals surface area contributed by atoms with Crippen LogP contribution in [0.4, 0.5) is 5.69 Å². The van der Waals surface area contributed by atoms with Gasteiger partial charge >= 0.3 is 5.97 Å². The van der Waals surface area contributed by atoms with E-state index < -0.39 is 21.5 Å². The van der Waals surface area contributed by atoms with Crippen molar-refractivity contribution in [2.75, 3.05) is 5.32 Å². The Kier molecular flexibility index (Phi) is 4.74. The molecule has 2 aromatic rings. The molecule has 1 aliphatic rings. The Morgan fingerprint density at radius 3 is 2.65 bits per heavy atom. The summed E-state index contributed by atoms with van der Waals surface area (Å²) in [5, 5.41) is 13.3. The Labute approximate surface area is 154 Å². The summed E-state index contributed by atoms with van der Waals surface area (Å²) >= 11 is 5.29. The maximum atomic E-state index is 12.6. The van der Waals surface area contributed by atoms with Gasteiger partial charge in [0.05, 0.1) is 16.8 Å². The molecule has 26 heavy (non-hydrogen) atoms. The summed E-state index contributed by atoms with van der Waals surface area (Å²) in [7, 11) is -4.00. The molecule has 0 atom stereocenters. The van der Waals surface area contributed by atoms with Crippen LogP contribution < -0.4 is 15.8 Å². The fourth-order valence-corrected chi connectivity index (χ4v) is 4.28. The van der Waals surface area contributed by atoms with E-state index in [0.29, 0.717) is 22.9 Å². The highest BCUT2D eigenvalue weighted by atomic mass is 35.5. The van der Waals surface area contributed by atoms with Crippen molar-refractivity contribution in [3.63, 3.8) is 0 Å². The molecule has 1 aromatic heterocycles. The number of carboxylic acids is 1. The van der Waals surface area contributed by atoms with Crippen LogP contribution in [-0.4, -0.2) is 36.0 Å². The zero-order valence-electron chi connectivity index (χ0n) is 13.4. The minimum Gasteiger partial charge on any atom is -0.480 e. The minimum atomic E-state index is -4.00. The highest BCUT2D eigenvalue weighted by Gasteiger charge is 2.47. The minimum absolute atomic E-state index is 0.0345. The number of benzene rings is 1. The van der Waals surface area contributed by atoms with Crippen LogP contribution >= 0.6 is 11.8 Å². The van der Waals surface area contributed by atoms with Crippen molar-refractivity contribution in [2.24, 2.45) is 10.2 Å². The van der Waals surface area contributed by atoms with E-state index in [2.05, 4.69) is 19.5 Å². The van der Waals surface area contributed by atoms with E-state index in [0.717, 1.165) is 0 Å². The highest BCUT2D eigenvalue weighted by molar-refractivity contribution is 7.89. The molecule has 3 rings (SSSR count). The van der Waals surface area contributed by atoms with E-state index in [-0.39, 0.29) is 23.7 Å². The van der Waals surface area contributed by atoms with Gasteiger partial charge in [-0.25, -0.2) is 8.42 Å². The first-order chi connectivity index (χ1) is 12.3. The molecule has 0 amide bonds. The molecule has 0 unspecified atom stereocenters. The molecule has 1 fully saturated rings. The fourth-order valence-electron chi connectivity index (χ4n) is 2.79. The van der Waals surface area contributed by atoms with Crippen molar-refractivity contribution in [3.05, 3.63) is 30.6 Å². The van der Waals surface area contributed by atoms with Crippen molar-refractivity contribution in [2.45, 2.75) is 29.7 Å². The first-order valence-corrected chi connectivity index (χ1v) is 9.46. The van der Waals surface area contributed by atoms with E-state index in [9.17, 15) is 18.3 Å². The highest BCUT2D eigenvalue weighted by Crippen LogP contribution is 2.34. The molecule has 1 aromatic carbocycles. The van der Waals surface area contributed by atoms with Gasteiger partial charge in [0, 0.05) is 28.7 Å². The van der Waals surface area contributed by atoms with Crippen molar-refractivity contribution >= 4 is 50.2 Å². The Morgan fingerprint density at radius 2 is 2.08 bits per heavy atom. The summed E-state index contributed by atoms with van der Waals surface area (Å²) in [4.78, 5) is 15.4. The molecular weight excluding hydrogens is 382 g/mol. The summed E-state index contributed by atoms with van der Waals surface area (Å²) in [5.41, 5.74) is 4.60. The van der Waals surface area contributed by atoms with Crippen molar-refractivity contribution < 1.29 is 18.3 Å². The van der Waals surface area contributed by atoms with E-state index in [1.165, 1.54) is 24.5 Å². The van der Waals surface area contributed by atoms with Gasteiger partial charge in [-0.2, -0.15) is 4.72 Å². The Hall–Kier alpha value is -2.43. The van der Waals surface area contributed by atoms with Crippen LogP contribution in [0.15, 0.2) is 40.0 Å². The normalized spacial score (nSPS) is 16.9. The number of rotatable bonds is 5. The zero-order chi connectivity index (χ0) is 18.9. The van der Waals surface area contributed by atoms with Crippen molar-refractivity contribution in [1.82, 2.24) is 9.71 Å². The van der Waals surface area contributed by atoms with Crippen LogP contribution in [0.2, 0.25) is 0 Å². The summed E-state index contributed by atoms with van der Waals surface area (Å²) < 4.78 is 30.9. The molecule has 1 heterocycles. The smallest absolute Gasteiger partial charge is 0.324 e. The average Bonchev–Trinajstić information content (AvgIpc) is 2.57. The number of aromatic nitrogens is 1. The van der Waals surface area contributed by atoms with Gasteiger partial charge in [-0.05, 0) is 31.4 Å². The SMILES string of the molecule is NC(=NCl)Nc1cncc2cc(S(=O)(=O)NC3(C(=O)O)CCC3)ccc12. The number of carboxylic acid groups (broad SMARTS) is 1. The van der Waals surface area contributed by atoms with E-state index in [4.69, 9.17) is 17.5 Å². The molecule has 0 saturated heterocycles. The predicted octanol–water partition coefficient (Wildman–Crippen LogP) is 1.40. The van der Waals surface area contributed by atoms with Gasteiger partial charge in [-0.3, -0.25) is 9.78 Å². The number of fused-ring (bicyclic) bond motifs is 1. The monoisotopic (exact) mass is 397 g/mol. The van der Waals surface area contributed by atoms with Gasteiger partial charge in [-0.15, -0.1) is 4.51 Å². The lowest BCUT2D eigenvalue weighted by Crippen LogP contribution is -2.58. The maximum absolute atomic E-state index is 12.6. The van der Waals surface area contributed by atoms with Gasteiger partial charge < -0.3 is 16.2 Å². The summed E-state index contributed by atoms with van der Waals surface area (Å²) in [6.45, 7) is 0. The van der Waals surface area contributed by atoms with E-state index in [1.807, 2.05) is 0 Å². The fraction of sp³-hybridized carbons (Fsp3) is 0.267. The third-order valence-electron chi connectivity index (χ3n) is 4.34. The lowest BCUT2D eigenvalue weighted by molar-refractivity contribution is -0.147. The molecule has 0 aliphatic heterocycles. The quantitative estimate of drug-likeness (QED) is 0.440. The van der Waals surface area contributed by atoms with Gasteiger partial charge in [0.25, 0.3) is 0 Å². The standard InChI is InChI=1S/C15H16ClN5O4S/c16-20-14(17)19-12-8-18-7-9-6-10(2-3-11(9)12)26(24,25)21-15(13(22)23)4-1-5-15/h2-3,6-8,21H,1,4-5H2,(H,22,23)(H3,17,19,20). The van der Waals surface area contributed by atoms with Crippen LogP contribution in [0.1, 0.15) is 19.3 Å². The maximum Gasteiger partial charge on any atom is 0.324 e. The Balaban J connectivity index is 1.97. The lowest BCUT2D eigenvalue weighted by atomic mass is 9.78. The van der Waals surface area contributed by atoms with Crippen LogP contribution in [0.5, 0.6) is 0 Å². The number of nitrogens with two attached hydrogens (primary N) is 1. The lowest BCUT2D eigenvalue weighted by Gasteiger charge is -2.37. The van der Waals surface area contributed by atoms with Gasteiger partial charge in [0.15, 0.2) is 0 Å².